The van der Waals surface area contributed by atoms with Crippen molar-refractivity contribution in [2.24, 2.45) is 12.8 Å². The van der Waals surface area contributed by atoms with Crippen LogP contribution in [0.2, 0.25) is 0 Å². The first-order chi connectivity index (χ1) is 16.4. The molecule has 0 spiro atoms. The lowest BCUT2D eigenvalue weighted by Gasteiger charge is -2.20. The first kappa shape index (κ1) is 32.9. The van der Waals surface area contributed by atoms with Gasteiger partial charge in [0.15, 0.2) is 0 Å². The van der Waals surface area contributed by atoms with Gasteiger partial charge in [0.05, 0.1) is 24.8 Å². The summed E-state index contributed by atoms with van der Waals surface area (Å²) in [7, 11) is 1.90. The van der Waals surface area contributed by atoms with Crippen molar-refractivity contribution in [3.8, 4) is 0 Å². The molecule has 0 aromatic carbocycles. The number of carbonyl (C=O) groups excluding carboxylic acids is 1. The van der Waals surface area contributed by atoms with Crippen LogP contribution >= 0.6 is 0 Å². The van der Waals surface area contributed by atoms with Crippen LogP contribution in [0.5, 0.6) is 0 Å². The molecule has 0 saturated carbocycles. The van der Waals surface area contributed by atoms with Gasteiger partial charge in [-0.2, -0.15) is 39.5 Å². The van der Waals surface area contributed by atoms with E-state index in [4.69, 9.17) is 5.73 Å². The Morgan fingerprint density at radius 1 is 1.03 bits per heavy atom. The van der Waals surface area contributed by atoms with E-state index in [0.717, 1.165) is 19.2 Å². The van der Waals surface area contributed by atoms with Gasteiger partial charge in [0.1, 0.15) is 5.69 Å². The number of rotatable bonds is 3. The Labute approximate surface area is 199 Å². The number of hydrogen-bond donors (Lipinski definition) is 1. The average molecular weight is 537 g/mol. The fraction of sp³-hybridized carbons (Fsp3) is 0.476. The van der Waals surface area contributed by atoms with E-state index >= 15 is 0 Å². The Bertz CT molecular complexity index is 1080. The summed E-state index contributed by atoms with van der Waals surface area (Å²) in [5, 5.41) is 0. The predicted octanol–water partition coefficient (Wildman–Crippen LogP) is 4.88. The minimum Gasteiger partial charge on any atom is -0.468 e. The third-order valence-corrected chi connectivity index (χ3v) is 4.40. The van der Waals surface area contributed by atoms with Crippen molar-refractivity contribution in [3.63, 3.8) is 0 Å². The monoisotopic (exact) mass is 537 g/mol. The quantitative estimate of drug-likeness (QED) is 0.446. The molecular formula is C21H24F9N3O3. The lowest BCUT2D eigenvalue weighted by atomic mass is 9.96. The number of ether oxygens (including phenoxy) is 1. The maximum atomic E-state index is 13.3. The summed E-state index contributed by atoms with van der Waals surface area (Å²) < 4.78 is 123. The van der Waals surface area contributed by atoms with Crippen molar-refractivity contribution in [2.75, 3.05) is 13.7 Å². The van der Waals surface area contributed by atoms with Crippen molar-refractivity contribution < 1.29 is 49.0 Å². The van der Waals surface area contributed by atoms with Gasteiger partial charge < -0.3 is 15.0 Å². The molecule has 0 aliphatic rings. The zero-order valence-electron chi connectivity index (χ0n) is 19.7. The van der Waals surface area contributed by atoms with Gasteiger partial charge in [-0.05, 0) is 24.6 Å². The Hall–Kier alpha value is -3.10. The van der Waals surface area contributed by atoms with Gasteiger partial charge in [0.25, 0.3) is 5.56 Å². The summed E-state index contributed by atoms with van der Waals surface area (Å²) in [6.07, 6.45) is -15.9. The summed E-state index contributed by atoms with van der Waals surface area (Å²) >= 11 is 0. The number of aryl methyl sites for hydroxylation is 1. The molecule has 2 aromatic rings. The van der Waals surface area contributed by atoms with E-state index in [0.29, 0.717) is 7.05 Å². The van der Waals surface area contributed by atoms with Gasteiger partial charge in [0, 0.05) is 30.9 Å². The molecular weight excluding hydrogens is 513 g/mol. The first-order valence-corrected chi connectivity index (χ1v) is 10.0. The van der Waals surface area contributed by atoms with Crippen molar-refractivity contribution >= 4 is 5.97 Å². The molecule has 0 unspecified atom stereocenters. The summed E-state index contributed by atoms with van der Waals surface area (Å²) in [4.78, 5) is 25.5. The van der Waals surface area contributed by atoms with Crippen LogP contribution in [-0.2, 0) is 41.5 Å². The first-order valence-electron chi connectivity index (χ1n) is 10.0. The highest BCUT2D eigenvalue weighted by molar-refractivity contribution is 5.71. The molecule has 204 valence electrons. The molecule has 2 rings (SSSR count). The molecule has 0 bridgehead atoms. The molecule has 0 aliphatic heterocycles. The van der Waals surface area contributed by atoms with Crippen LogP contribution in [0.15, 0.2) is 23.1 Å². The second-order valence-electron chi connectivity index (χ2n) is 6.67. The lowest BCUT2D eigenvalue weighted by Crippen LogP contribution is -2.32. The van der Waals surface area contributed by atoms with Crippen molar-refractivity contribution in [1.29, 1.82) is 0 Å². The van der Waals surface area contributed by atoms with Crippen LogP contribution in [0.25, 0.3) is 0 Å². The minimum atomic E-state index is -5.39. The number of halogens is 9. The van der Waals surface area contributed by atoms with E-state index in [9.17, 15) is 49.1 Å². The minimum absolute atomic E-state index is 0.0312. The van der Waals surface area contributed by atoms with Crippen molar-refractivity contribution in [3.05, 3.63) is 62.3 Å². The normalized spacial score (nSPS) is 11.6. The maximum Gasteiger partial charge on any atom is 0.431 e. The summed E-state index contributed by atoms with van der Waals surface area (Å²) in [6.45, 7) is 4.94. The second-order valence-corrected chi connectivity index (χ2v) is 6.67. The average Bonchev–Trinajstić information content (AvgIpc) is 2.75. The molecule has 0 saturated heterocycles. The molecule has 0 aliphatic carbocycles. The lowest BCUT2D eigenvalue weighted by molar-refractivity contribution is -0.148. The third kappa shape index (κ3) is 8.53. The number of hydrogen-bond acceptors (Lipinski definition) is 5. The predicted molar refractivity (Wildman–Crippen MR) is 111 cm³/mol. The molecule has 0 amide bonds. The molecule has 6 nitrogen and oxygen atoms in total. The molecule has 2 heterocycles. The number of nitrogens with two attached hydrogens (primary N) is 1. The van der Waals surface area contributed by atoms with Gasteiger partial charge in [-0.1, -0.05) is 13.8 Å². The van der Waals surface area contributed by atoms with Gasteiger partial charge in [-0.3, -0.25) is 14.6 Å². The van der Waals surface area contributed by atoms with Crippen LogP contribution in [0.3, 0.4) is 0 Å². The Balaban J connectivity index is 0.00000134. The molecule has 0 atom stereocenters. The maximum absolute atomic E-state index is 13.3. The van der Waals surface area contributed by atoms with E-state index in [-0.39, 0.29) is 23.1 Å². The van der Waals surface area contributed by atoms with Gasteiger partial charge in [-0.15, -0.1) is 0 Å². The molecule has 0 fully saturated rings. The third-order valence-electron chi connectivity index (χ3n) is 4.40. The van der Waals surface area contributed by atoms with Crippen molar-refractivity contribution in [1.82, 2.24) is 9.55 Å². The summed E-state index contributed by atoms with van der Waals surface area (Å²) in [5.41, 5.74) is -4.50. The summed E-state index contributed by atoms with van der Waals surface area (Å²) in [5.74, 6) is -0.380. The molecule has 2 aromatic heterocycles. The van der Waals surface area contributed by atoms with Crippen molar-refractivity contribution in [2.45, 2.75) is 45.7 Å². The zero-order chi connectivity index (χ0) is 28.6. The zero-order valence-corrected chi connectivity index (χ0v) is 19.7. The number of pyridine rings is 2. The molecule has 15 heteroatoms. The second kappa shape index (κ2) is 12.7. The van der Waals surface area contributed by atoms with E-state index < -0.39 is 64.2 Å². The number of carbonyl (C=O) groups is 1. The topological polar surface area (TPSA) is 87.2 Å². The highest BCUT2D eigenvalue weighted by Gasteiger charge is 2.42. The smallest absolute Gasteiger partial charge is 0.431 e. The standard InChI is InChI=1S/C16H11F9N2O.C3H7NO2.C2H6/c1-7-12(16(23,24)25)8(3-4-26-7)5-9-10(14(17,18)19)6-11(15(20,21)22)27(2)13(9)28;1-6-3(5)2-4;1-2/h3-4,6H,5H2,1-2H3;2,4H2,1H3;1-2H3. The highest BCUT2D eigenvalue weighted by atomic mass is 19.4. The number of nitrogens with zero attached hydrogens (tertiary/aromatic N) is 2. The van der Waals surface area contributed by atoms with E-state index in [2.05, 4.69) is 9.72 Å². The van der Waals surface area contributed by atoms with E-state index in [1.54, 1.807) is 0 Å². The number of esters is 1. The Morgan fingerprint density at radius 2 is 1.56 bits per heavy atom. The van der Waals surface area contributed by atoms with Crippen LogP contribution in [0.1, 0.15) is 47.5 Å². The molecule has 0 radical (unpaired) electrons. The van der Waals surface area contributed by atoms with Gasteiger partial charge in [0.2, 0.25) is 0 Å². The fourth-order valence-corrected chi connectivity index (χ4v) is 2.87. The van der Waals surface area contributed by atoms with Crippen LogP contribution < -0.4 is 11.3 Å². The van der Waals surface area contributed by atoms with Gasteiger partial charge in [-0.25, -0.2) is 0 Å². The van der Waals surface area contributed by atoms with Crippen LogP contribution in [0.4, 0.5) is 39.5 Å². The Morgan fingerprint density at radius 3 is 1.92 bits per heavy atom. The molecule has 36 heavy (non-hydrogen) atoms. The Kier molecular flexibility index (Phi) is 11.6. The number of methoxy groups -OCH3 is 1. The van der Waals surface area contributed by atoms with E-state index in [1.165, 1.54) is 7.11 Å². The SMILES string of the molecule is CC.COC(=O)CN.Cc1nccc(Cc2c(C(F)(F)F)cc(C(F)(F)F)n(C)c2=O)c1C(F)(F)F. The van der Waals surface area contributed by atoms with Crippen LogP contribution in [0, 0.1) is 6.92 Å². The van der Waals surface area contributed by atoms with Crippen LogP contribution in [-0.4, -0.2) is 29.2 Å². The van der Waals surface area contributed by atoms with Gasteiger partial charge >= 0.3 is 24.5 Å². The van der Waals surface area contributed by atoms with E-state index in [1.807, 2.05) is 13.8 Å². The number of aromatic nitrogens is 2. The fourth-order valence-electron chi connectivity index (χ4n) is 2.87. The number of alkyl halides is 9. The molecule has 2 N–H and O–H groups in total. The highest BCUT2D eigenvalue weighted by Crippen LogP contribution is 2.38. The largest absolute Gasteiger partial charge is 0.468 e. The summed E-state index contributed by atoms with van der Waals surface area (Å²) in [6, 6.07) is 0.491.